The fraction of sp³-hybridized carbons (Fsp3) is 0.231. The van der Waals surface area contributed by atoms with E-state index in [1.54, 1.807) is 49.1 Å². The molecule has 7 heteroatoms. The SMILES string of the molecule is NCCCP(=O)(O[n+]1ccccc1)O[n+]1ccccc1. The smallest absolute Gasteiger partial charge is 0.330 e. The maximum atomic E-state index is 12.8. The molecule has 0 bridgehead atoms. The van der Waals surface area contributed by atoms with E-state index in [1.165, 1.54) is 9.46 Å². The molecular formula is C13H18N3O3P+2. The van der Waals surface area contributed by atoms with Crippen molar-refractivity contribution in [1.29, 1.82) is 0 Å². The topological polar surface area (TPSA) is 69.3 Å². The number of pyridine rings is 2. The maximum absolute atomic E-state index is 12.8. The molecule has 106 valence electrons. The Morgan fingerprint density at radius 3 is 1.70 bits per heavy atom. The molecule has 0 saturated carbocycles. The summed E-state index contributed by atoms with van der Waals surface area (Å²) >= 11 is 0. The second kappa shape index (κ2) is 7.03. The van der Waals surface area contributed by atoms with Gasteiger partial charge in [0.1, 0.15) is 0 Å². The molecule has 2 aromatic rings. The summed E-state index contributed by atoms with van der Waals surface area (Å²) < 4.78 is 26.5. The molecule has 0 saturated heterocycles. The Bertz CT molecular complexity index is 520. The van der Waals surface area contributed by atoms with Crippen molar-refractivity contribution < 1.29 is 23.3 Å². The highest BCUT2D eigenvalue weighted by atomic mass is 31.2. The predicted molar refractivity (Wildman–Crippen MR) is 72.6 cm³/mol. The highest BCUT2D eigenvalue weighted by Crippen LogP contribution is 2.38. The summed E-state index contributed by atoms with van der Waals surface area (Å²) in [6.45, 7) is 0.426. The molecule has 0 unspecified atom stereocenters. The second-order valence-electron chi connectivity index (χ2n) is 4.11. The number of hydrogen-bond acceptors (Lipinski definition) is 4. The van der Waals surface area contributed by atoms with Crippen molar-refractivity contribution in [2.24, 2.45) is 5.73 Å². The molecule has 2 N–H and O–H groups in total. The third kappa shape index (κ3) is 4.33. The fourth-order valence-electron chi connectivity index (χ4n) is 1.54. The Morgan fingerprint density at radius 1 is 0.850 bits per heavy atom. The Balaban J connectivity index is 2.15. The van der Waals surface area contributed by atoms with Crippen molar-refractivity contribution in [1.82, 2.24) is 0 Å². The van der Waals surface area contributed by atoms with Crippen LogP contribution in [0.1, 0.15) is 6.42 Å². The fourth-order valence-corrected chi connectivity index (χ4v) is 3.10. The van der Waals surface area contributed by atoms with Gasteiger partial charge in [-0.3, -0.25) is 0 Å². The molecule has 2 aromatic heterocycles. The highest BCUT2D eigenvalue weighted by molar-refractivity contribution is 7.53. The number of nitrogens with zero attached hydrogens (tertiary/aromatic N) is 2. The van der Waals surface area contributed by atoms with E-state index in [-0.39, 0.29) is 6.16 Å². The predicted octanol–water partition coefficient (Wildman–Crippen LogP) is 0.361. The molecule has 0 fully saturated rings. The van der Waals surface area contributed by atoms with Crippen LogP contribution in [0, 0.1) is 0 Å². The lowest BCUT2D eigenvalue weighted by atomic mass is 10.5. The first-order valence-corrected chi connectivity index (χ1v) is 8.06. The van der Waals surface area contributed by atoms with Gasteiger partial charge in [0.05, 0.1) is 6.16 Å². The van der Waals surface area contributed by atoms with Crippen molar-refractivity contribution in [3.05, 3.63) is 61.2 Å². The van der Waals surface area contributed by atoms with E-state index < -0.39 is 7.60 Å². The van der Waals surface area contributed by atoms with Gasteiger partial charge < -0.3 is 5.73 Å². The van der Waals surface area contributed by atoms with E-state index in [4.69, 9.17) is 15.0 Å². The summed E-state index contributed by atoms with van der Waals surface area (Å²) in [4.78, 5) is 0. The van der Waals surface area contributed by atoms with Crippen molar-refractivity contribution in [3.63, 3.8) is 0 Å². The molecule has 0 radical (unpaired) electrons. The number of aromatic nitrogens is 2. The standard InChI is InChI=1S/C13H18N3O3P/c14-8-7-13-20(17,18-15-9-3-1-4-10-15)19-16-11-5-2-6-12-16/h1-6,9-12H,7-8,13-14H2/q+2. The lowest BCUT2D eigenvalue weighted by Crippen LogP contribution is -2.48. The largest absolute Gasteiger partial charge is 0.547 e. The minimum Gasteiger partial charge on any atom is -0.330 e. The van der Waals surface area contributed by atoms with Gasteiger partial charge in [-0.1, -0.05) is 12.1 Å². The van der Waals surface area contributed by atoms with Gasteiger partial charge in [0.2, 0.25) is 24.8 Å². The Morgan fingerprint density at radius 2 is 1.30 bits per heavy atom. The van der Waals surface area contributed by atoms with E-state index in [1.807, 2.05) is 12.1 Å². The zero-order valence-corrected chi connectivity index (χ0v) is 11.9. The summed E-state index contributed by atoms with van der Waals surface area (Å²) in [6, 6.07) is 10.8. The van der Waals surface area contributed by atoms with Gasteiger partial charge in [-0.2, -0.15) is 9.25 Å². The van der Waals surface area contributed by atoms with E-state index in [9.17, 15) is 4.57 Å². The van der Waals surface area contributed by atoms with E-state index >= 15 is 0 Å². The first kappa shape index (κ1) is 14.5. The van der Waals surface area contributed by atoms with Crippen LogP contribution in [0.4, 0.5) is 0 Å². The minimum absolute atomic E-state index is 0.243. The minimum atomic E-state index is -3.33. The van der Waals surface area contributed by atoms with Gasteiger partial charge in [-0.25, -0.2) is 4.57 Å². The Hall–Kier alpha value is -1.91. The van der Waals surface area contributed by atoms with Gasteiger partial charge in [-0.15, -0.1) is 0 Å². The monoisotopic (exact) mass is 295 g/mol. The Kier molecular flexibility index (Phi) is 5.09. The summed E-state index contributed by atoms with van der Waals surface area (Å²) in [5, 5.41) is 0. The molecule has 0 aromatic carbocycles. The van der Waals surface area contributed by atoms with Crippen LogP contribution in [0.3, 0.4) is 0 Å². The van der Waals surface area contributed by atoms with E-state index in [2.05, 4.69) is 0 Å². The van der Waals surface area contributed by atoms with Gasteiger partial charge in [-0.05, 0) is 13.0 Å². The summed E-state index contributed by atoms with van der Waals surface area (Å²) in [6.07, 6.45) is 7.44. The molecule has 0 atom stereocenters. The Labute approximate surface area is 117 Å². The van der Waals surface area contributed by atoms with Crippen molar-refractivity contribution in [2.45, 2.75) is 6.42 Å². The molecule has 0 spiro atoms. The summed E-state index contributed by atoms with van der Waals surface area (Å²) in [7, 11) is -3.33. The molecule has 20 heavy (non-hydrogen) atoms. The summed E-state index contributed by atoms with van der Waals surface area (Å²) in [5.74, 6) is 0. The first-order chi connectivity index (χ1) is 9.72. The van der Waals surface area contributed by atoms with Crippen LogP contribution in [0.15, 0.2) is 61.2 Å². The third-order valence-electron chi connectivity index (χ3n) is 2.45. The van der Waals surface area contributed by atoms with Crippen LogP contribution in [0.25, 0.3) is 0 Å². The maximum Gasteiger partial charge on any atom is 0.547 e. The molecule has 0 amide bonds. The number of nitrogens with two attached hydrogens (primary N) is 1. The lowest BCUT2D eigenvalue weighted by Gasteiger charge is -2.08. The van der Waals surface area contributed by atoms with Crippen LogP contribution in [0.5, 0.6) is 0 Å². The average Bonchev–Trinajstić information content (AvgIpc) is 2.47. The molecule has 6 nitrogen and oxygen atoms in total. The molecule has 2 rings (SSSR count). The van der Waals surface area contributed by atoms with Gasteiger partial charge >= 0.3 is 7.60 Å². The van der Waals surface area contributed by atoms with Gasteiger partial charge in [0, 0.05) is 33.7 Å². The van der Waals surface area contributed by atoms with Crippen molar-refractivity contribution in [2.75, 3.05) is 12.7 Å². The number of rotatable bonds is 7. The zero-order valence-electron chi connectivity index (χ0n) is 11.0. The van der Waals surface area contributed by atoms with E-state index in [0.29, 0.717) is 13.0 Å². The first-order valence-electron chi connectivity index (χ1n) is 6.34. The van der Waals surface area contributed by atoms with Crippen LogP contribution in [-0.2, 0) is 4.57 Å². The van der Waals surface area contributed by atoms with Crippen LogP contribution in [-0.4, -0.2) is 12.7 Å². The lowest BCUT2D eigenvalue weighted by molar-refractivity contribution is -0.886. The van der Waals surface area contributed by atoms with Gasteiger partial charge in [0.25, 0.3) is 0 Å². The molecule has 0 aliphatic rings. The zero-order chi connectivity index (χ0) is 14.3. The number of hydrogen-bond donors (Lipinski definition) is 1. The van der Waals surface area contributed by atoms with Crippen LogP contribution in [0.2, 0.25) is 0 Å². The normalized spacial score (nSPS) is 11.1. The van der Waals surface area contributed by atoms with Crippen LogP contribution < -0.4 is 24.4 Å². The van der Waals surface area contributed by atoms with E-state index in [0.717, 1.165) is 0 Å². The molecule has 0 aliphatic heterocycles. The molecular weight excluding hydrogens is 277 g/mol. The molecule has 2 heterocycles. The quantitative estimate of drug-likeness (QED) is 0.591. The molecule has 0 aliphatic carbocycles. The second-order valence-corrected chi connectivity index (χ2v) is 6.11. The third-order valence-corrected chi connectivity index (χ3v) is 4.19. The van der Waals surface area contributed by atoms with Crippen molar-refractivity contribution in [3.8, 4) is 0 Å². The van der Waals surface area contributed by atoms with Gasteiger partial charge in [0.15, 0.2) is 0 Å². The highest BCUT2D eigenvalue weighted by Gasteiger charge is 2.37. The van der Waals surface area contributed by atoms with Crippen LogP contribution >= 0.6 is 7.60 Å². The summed E-state index contributed by atoms with van der Waals surface area (Å²) in [5.41, 5.74) is 5.48. The average molecular weight is 295 g/mol. The van der Waals surface area contributed by atoms with Crippen molar-refractivity contribution >= 4 is 7.60 Å².